The smallest absolute Gasteiger partial charge is 0.111 e. The molecule has 0 N–H and O–H groups in total. The fourth-order valence-corrected chi connectivity index (χ4v) is 2.33. The normalized spacial score (nSPS) is 15.8. The maximum Gasteiger partial charge on any atom is 0.111 e. The molecule has 0 spiro atoms. The predicted octanol–water partition coefficient (Wildman–Crippen LogP) is 3.23. The van der Waals surface area contributed by atoms with Crippen molar-refractivity contribution in [3.05, 3.63) is 30.1 Å². The zero-order valence-corrected chi connectivity index (χ0v) is 9.95. The summed E-state index contributed by atoms with van der Waals surface area (Å²) in [7, 11) is 0. The van der Waals surface area contributed by atoms with E-state index in [1.54, 1.807) is 0 Å². The Bertz CT molecular complexity index is 500. The van der Waals surface area contributed by atoms with E-state index in [0.717, 1.165) is 30.2 Å². The summed E-state index contributed by atoms with van der Waals surface area (Å²) in [6.07, 6.45) is 3.60. The second-order valence-corrected chi connectivity index (χ2v) is 4.89. The zero-order valence-electron chi connectivity index (χ0n) is 9.19. The van der Waals surface area contributed by atoms with Gasteiger partial charge >= 0.3 is 0 Å². The number of benzene rings is 1. The molecule has 16 heavy (non-hydrogen) atoms. The van der Waals surface area contributed by atoms with Crippen LogP contribution in [0.4, 0.5) is 0 Å². The molecular weight excluding hydrogens is 220 g/mol. The molecule has 0 unspecified atom stereocenters. The first-order valence-electron chi connectivity index (χ1n) is 5.88. The van der Waals surface area contributed by atoms with Crippen LogP contribution in [0.1, 0.15) is 18.7 Å². The van der Waals surface area contributed by atoms with E-state index in [2.05, 4.69) is 27.8 Å². The fraction of sp³-hybridized carbons (Fsp3) is 0.462. The Balaban J connectivity index is 2.06. The van der Waals surface area contributed by atoms with E-state index < -0.39 is 0 Å². The van der Waals surface area contributed by atoms with E-state index in [1.807, 2.05) is 6.07 Å². The van der Waals surface area contributed by atoms with Crippen molar-refractivity contribution in [3.8, 4) is 0 Å². The van der Waals surface area contributed by atoms with E-state index >= 15 is 0 Å². The highest BCUT2D eigenvalue weighted by atomic mass is 35.5. The number of hydrogen-bond acceptors (Lipinski definition) is 1. The molecule has 0 aliphatic heterocycles. The highest BCUT2D eigenvalue weighted by Gasteiger charge is 2.23. The van der Waals surface area contributed by atoms with E-state index in [4.69, 9.17) is 11.6 Å². The minimum Gasteiger partial charge on any atom is -0.328 e. The third-order valence-corrected chi connectivity index (χ3v) is 3.38. The number of hydrogen-bond donors (Lipinski definition) is 0. The molecule has 0 amide bonds. The SMILES string of the molecule is ClCCc1nc2ccccc2n1CC1CC1. The molecule has 84 valence electrons. The second kappa shape index (κ2) is 4.10. The lowest BCUT2D eigenvalue weighted by atomic mass is 10.3. The van der Waals surface area contributed by atoms with Crippen LogP contribution in [0.5, 0.6) is 0 Å². The maximum atomic E-state index is 5.83. The van der Waals surface area contributed by atoms with Crippen LogP contribution in [0.2, 0.25) is 0 Å². The Morgan fingerprint density at radius 3 is 2.88 bits per heavy atom. The first-order valence-corrected chi connectivity index (χ1v) is 6.42. The highest BCUT2D eigenvalue weighted by Crippen LogP contribution is 2.32. The third kappa shape index (κ3) is 1.82. The summed E-state index contributed by atoms with van der Waals surface area (Å²) in [5.74, 6) is 2.66. The van der Waals surface area contributed by atoms with Gasteiger partial charge in [0.2, 0.25) is 0 Å². The van der Waals surface area contributed by atoms with Crippen LogP contribution >= 0.6 is 11.6 Å². The van der Waals surface area contributed by atoms with Gasteiger partial charge in [-0.25, -0.2) is 4.98 Å². The Labute approximate surface area is 100 Å². The quantitative estimate of drug-likeness (QED) is 0.743. The molecule has 3 heteroatoms. The highest BCUT2D eigenvalue weighted by molar-refractivity contribution is 6.17. The molecule has 0 radical (unpaired) electrons. The number of para-hydroxylation sites is 2. The molecule has 0 bridgehead atoms. The van der Waals surface area contributed by atoms with Gasteiger partial charge in [-0.15, -0.1) is 11.6 Å². The van der Waals surface area contributed by atoms with Crippen molar-refractivity contribution >= 4 is 22.6 Å². The topological polar surface area (TPSA) is 17.8 Å². The van der Waals surface area contributed by atoms with Crippen LogP contribution in [0.3, 0.4) is 0 Å². The number of nitrogens with zero attached hydrogens (tertiary/aromatic N) is 2. The van der Waals surface area contributed by atoms with Crippen molar-refractivity contribution in [1.82, 2.24) is 9.55 Å². The second-order valence-electron chi connectivity index (χ2n) is 4.51. The van der Waals surface area contributed by atoms with Gasteiger partial charge in [-0.05, 0) is 30.9 Å². The van der Waals surface area contributed by atoms with Crippen LogP contribution in [-0.2, 0) is 13.0 Å². The minimum atomic E-state index is 0.647. The van der Waals surface area contributed by atoms with Crippen molar-refractivity contribution in [1.29, 1.82) is 0 Å². The van der Waals surface area contributed by atoms with Gasteiger partial charge in [-0.3, -0.25) is 0 Å². The molecule has 2 aromatic rings. The van der Waals surface area contributed by atoms with Crippen LogP contribution in [0.15, 0.2) is 24.3 Å². The number of halogens is 1. The molecule has 1 saturated carbocycles. The Kier molecular flexibility index (Phi) is 2.60. The molecule has 1 heterocycles. The number of aromatic nitrogens is 2. The first kappa shape index (κ1) is 10.2. The van der Waals surface area contributed by atoms with Crippen LogP contribution in [0.25, 0.3) is 11.0 Å². The van der Waals surface area contributed by atoms with Crippen LogP contribution < -0.4 is 0 Å². The maximum absolute atomic E-state index is 5.83. The van der Waals surface area contributed by atoms with Gasteiger partial charge in [-0.2, -0.15) is 0 Å². The van der Waals surface area contributed by atoms with Gasteiger partial charge in [0.1, 0.15) is 5.82 Å². The van der Waals surface area contributed by atoms with Crippen molar-refractivity contribution in [2.24, 2.45) is 5.92 Å². The number of fused-ring (bicyclic) bond motifs is 1. The Morgan fingerprint density at radius 2 is 2.12 bits per heavy atom. The molecule has 3 rings (SSSR count). The molecule has 0 atom stereocenters. The largest absolute Gasteiger partial charge is 0.328 e. The summed E-state index contributed by atoms with van der Waals surface area (Å²) in [6.45, 7) is 1.12. The monoisotopic (exact) mass is 234 g/mol. The fourth-order valence-electron chi connectivity index (χ4n) is 2.16. The van der Waals surface area contributed by atoms with E-state index in [0.29, 0.717) is 5.88 Å². The summed E-state index contributed by atoms with van der Waals surface area (Å²) in [5, 5.41) is 0. The third-order valence-electron chi connectivity index (χ3n) is 3.19. The van der Waals surface area contributed by atoms with E-state index in [-0.39, 0.29) is 0 Å². The lowest BCUT2D eigenvalue weighted by Gasteiger charge is -2.06. The molecule has 2 nitrogen and oxygen atoms in total. The van der Waals surface area contributed by atoms with E-state index in [9.17, 15) is 0 Å². The summed E-state index contributed by atoms with van der Waals surface area (Å²) < 4.78 is 2.36. The minimum absolute atomic E-state index is 0.647. The number of imidazole rings is 1. The number of aryl methyl sites for hydroxylation is 1. The van der Waals surface area contributed by atoms with Gasteiger partial charge in [0.05, 0.1) is 11.0 Å². The van der Waals surface area contributed by atoms with Gasteiger partial charge in [0.25, 0.3) is 0 Å². The van der Waals surface area contributed by atoms with E-state index in [1.165, 1.54) is 18.4 Å². The molecule has 1 aliphatic carbocycles. The average molecular weight is 235 g/mol. The van der Waals surface area contributed by atoms with Crippen molar-refractivity contribution < 1.29 is 0 Å². The molecule has 1 aliphatic rings. The summed E-state index contributed by atoms with van der Waals surface area (Å²) in [5.41, 5.74) is 2.36. The summed E-state index contributed by atoms with van der Waals surface area (Å²) in [4.78, 5) is 4.66. The molecule has 0 saturated heterocycles. The molecular formula is C13H15ClN2. The molecule has 1 aromatic heterocycles. The van der Waals surface area contributed by atoms with Crippen LogP contribution in [-0.4, -0.2) is 15.4 Å². The average Bonchev–Trinajstić information content (AvgIpc) is 3.04. The lowest BCUT2D eigenvalue weighted by Crippen LogP contribution is -2.06. The summed E-state index contributed by atoms with van der Waals surface area (Å²) >= 11 is 5.83. The molecule has 1 aromatic carbocycles. The van der Waals surface area contributed by atoms with Crippen molar-refractivity contribution in [2.75, 3.05) is 5.88 Å². The Hall–Kier alpha value is -1.02. The summed E-state index contributed by atoms with van der Waals surface area (Å²) in [6, 6.07) is 8.36. The van der Waals surface area contributed by atoms with Crippen LogP contribution in [0, 0.1) is 5.92 Å². The van der Waals surface area contributed by atoms with Gasteiger partial charge in [0, 0.05) is 18.8 Å². The van der Waals surface area contributed by atoms with Crippen molar-refractivity contribution in [2.45, 2.75) is 25.8 Å². The lowest BCUT2D eigenvalue weighted by molar-refractivity contribution is 0.615. The first-order chi connectivity index (χ1) is 7.88. The molecule has 1 fully saturated rings. The number of alkyl halides is 1. The zero-order chi connectivity index (χ0) is 11.0. The standard InChI is InChI=1S/C13H15ClN2/c14-8-7-13-15-11-3-1-2-4-12(11)16(13)9-10-5-6-10/h1-4,10H,5-9H2. The van der Waals surface area contributed by atoms with Gasteiger partial charge < -0.3 is 4.57 Å². The Morgan fingerprint density at radius 1 is 1.31 bits per heavy atom. The predicted molar refractivity (Wildman–Crippen MR) is 66.9 cm³/mol. The van der Waals surface area contributed by atoms with Gasteiger partial charge in [0.15, 0.2) is 0 Å². The van der Waals surface area contributed by atoms with Crippen molar-refractivity contribution in [3.63, 3.8) is 0 Å². The number of rotatable bonds is 4. The van der Waals surface area contributed by atoms with Gasteiger partial charge in [-0.1, -0.05) is 12.1 Å².